The van der Waals surface area contributed by atoms with Crippen molar-refractivity contribution in [1.29, 1.82) is 0 Å². The molecular formula is C16H27NO5. The topological polar surface area (TPSA) is 83.9 Å². The number of hydrogen-bond acceptors (Lipinski definition) is 5. The maximum Gasteiger partial charge on any atom is 0.306 e. The van der Waals surface area contributed by atoms with E-state index in [1.54, 1.807) is 0 Å². The van der Waals surface area contributed by atoms with E-state index in [0.29, 0.717) is 0 Å². The Bertz CT molecular complexity index is 383. The molecule has 0 aromatic carbocycles. The molecule has 126 valence electrons. The summed E-state index contributed by atoms with van der Waals surface area (Å²) in [4.78, 5) is 34.0. The molecule has 0 aromatic rings. The van der Waals surface area contributed by atoms with Crippen LogP contribution >= 0.6 is 0 Å². The normalized spacial score (nSPS) is 18.1. The Kier molecular flexibility index (Phi) is 8.74. The Morgan fingerprint density at radius 1 is 1.09 bits per heavy atom. The molecule has 0 aliphatic carbocycles. The van der Waals surface area contributed by atoms with Crippen molar-refractivity contribution < 1.29 is 24.3 Å². The molecule has 1 heterocycles. The molecule has 22 heavy (non-hydrogen) atoms. The minimum absolute atomic E-state index is 0.0243. The van der Waals surface area contributed by atoms with E-state index in [1.165, 1.54) is 38.5 Å². The zero-order valence-electron chi connectivity index (χ0n) is 13.4. The van der Waals surface area contributed by atoms with Crippen molar-refractivity contribution in [1.82, 2.24) is 5.06 Å². The van der Waals surface area contributed by atoms with E-state index in [2.05, 4.69) is 6.92 Å². The van der Waals surface area contributed by atoms with Gasteiger partial charge in [-0.1, -0.05) is 58.3 Å². The number of ether oxygens (including phenoxy) is 1. The van der Waals surface area contributed by atoms with Crippen LogP contribution in [0.2, 0.25) is 0 Å². The molecule has 0 radical (unpaired) electrons. The average molecular weight is 313 g/mol. The standard InChI is InChI=1S/C16H27NO5/c1-2-3-4-5-6-7-8-9-10-11-15(19)22-13-12-14(18)17(21)16(13)20/h13,21H,2-12H2,1H3. The third-order valence-electron chi connectivity index (χ3n) is 3.84. The van der Waals surface area contributed by atoms with Crippen molar-refractivity contribution in [3.63, 3.8) is 0 Å². The molecule has 0 bridgehead atoms. The fourth-order valence-corrected chi connectivity index (χ4v) is 2.48. The van der Waals surface area contributed by atoms with Gasteiger partial charge >= 0.3 is 5.97 Å². The summed E-state index contributed by atoms with van der Waals surface area (Å²) in [7, 11) is 0. The molecule has 1 rings (SSSR count). The first kappa shape index (κ1) is 18.6. The maximum atomic E-state index is 11.6. The zero-order valence-corrected chi connectivity index (χ0v) is 13.4. The lowest BCUT2D eigenvalue weighted by Crippen LogP contribution is -2.30. The van der Waals surface area contributed by atoms with Gasteiger partial charge in [-0.25, -0.2) is 0 Å². The number of hydroxylamine groups is 2. The lowest BCUT2D eigenvalue weighted by atomic mass is 10.1. The van der Waals surface area contributed by atoms with Gasteiger partial charge in [-0.05, 0) is 6.42 Å². The van der Waals surface area contributed by atoms with Crippen LogP contribution in [0.1, 0.15) is 77.6 Å². The summed E-state index contributed by atoms with van der Waals surface area (Å²) in [5.41, 5.74) is 0. The van der Waals surface area contributed by atoms with Crippen LogP contribution in [-0.2, 0) is 19.1 Å². The summed E-state index contributed by atoms with van der Waals surface area (Å²) in [6, 6.07) is 0. The van der Waals surface area contributed by atoms with Gasteiger partial charge in [0.2, 0.25) is 0 Å². The third-order valence-corrected chi connectivity index (χ3v) is 3.84. The van der Waals surface area contributed by atoms with Gasteiger partial charge in [-0.15, -0.1) is 0 Å². The van der Waals surface area contributed by atoms with Gasteiger partial charge in [0.1, 0.15) is 0 Å². The average Bonchev–Trinajstić information content (AvgIpc) is 2.73. The van der Waals surface area contributed by atoms with Crippen LogP contribution in [0.3, 0.4) is 0 Å². The SMILES string of the molecule is CCCCCCCCCCCC(=O)OC1CC(=O)N(O)C1=O. The minimum Gasteiger partial charge on any atom is -0.452 e. The Hall–Kier alpha value is -1.43. The number of esters is 1. The number of unbranched alkanes of at least 4 members (excludes halogenated alkanes) is 8. The lowest BCUT2D eigenvalue weighted by molar-refractivity contribution is -0.176. The number of hydrogen-bond donors (Lipinski definition) is 1. The molecule has 6 nitrogen and oxygen atoms in total. The quantitative estimate of drug-likeness (QED) is 0.274. The molecule has 1 atom stereocenters. The second-order valence-electron chi connectivity index (χ2n) is 5.80. The van der Waals surface area contributed by atoms with Crippen molar-refractivity contribution in [2.45, 2.75) is 83.7 Å². The van der Waals surface area contributed by atoms with Gasteiger partial charge < -0.3 is 4.74 Å². The summed E-state index contributed by atoms with van der Waals surface area (Å²) in [5.74, 6) is -2.07. The molecule has 1 unspecified atom stereocenters. The van der Waals surface area contributed by atoms with E-state index in [0.717, 1.165) is 19.3 Å². The Morgan fingerprint density at radius 2 is 1.64 bits per heavy atom. The number of carbonyl (C=O) groups is 3. The Labute approximate surface area is 131 Å². The molecule has 0 aromatic heterocycles. The Balaban J connectivity index is 2.00. The summed E-state index contributed by atoms with van der Waals surface area (Å²) in [5, 5.41) is 9.07. The fourth-order valence-electron chi connectivity index (χ4n) is 2.48. The fraction of sp³-hybridized carbons (Fsp3) is 0.812. The summed E-state index contributed by atoms with van der Waals surface area (Å²) in [6.45, 7) is 2.20. The monoisotopic (exact) mass is 313 g/mol. The van der Waals surface area contributed by atoms with E-state index in [-0.39, 0.29) is 17.9 Å². The zero-order chi connectivity index (χ0) is 16.4. The second kappa shape index (κ2) is 10.3. The van der Waals surface area contributed by atoms with Crippen molar-refractivity contribution in [2.75, 3.05) is 0 Å². The van der Waals surface area contributed by atoms with E-state index in [9.17, 15) is 14.4 Å². The van der Waals surface area contributed by atoms with Crippen LogP contribution in [-0.4, -0.2) is 34.2 Å². The molecule has 0 saturated carbocycles. The van der Waals surface area contributed by atoms with Gasteiger partial charge in [0.15, 0.2) is 6.10 Å². The largest absolute Gasteiger partial charge is 0.452 e. The van der Waals surface area contributed by atoms with E-state index in [4.69, 9.17) is 9.94 Å². The van der Waals surface area contributed by atoms with E-state index in [1.807, 2.05) is 0 Å². The molecule has 0 spiro atoms. The molecule has 2 amide bonds. The van der Waals surface area contributed by atoms with E-state index < -0.39 is 23.9 Å². The van der Waals surface area contributed by atoms with Crippen molar-refractivity contribution in [2.24, 2.45) is 0 Å². The highest BCUT2D eigenvalue weighted by molar-refractivity contribution is 6.04. The molecule has 1 aliphatic heterocycles. The molecule has 1 fully saturated rings. The molecular weight excluding hydrogens is 286 g/mol. The first-order chi connectivity index (χ1) is 10.6. The van der Waals surface area contributed by atoms with Crippen LogP contribution in [0.15, 0.2) is 0 Å². The summed E-state index contributed by atoms with van der Waals surface area (Å²) in [6.07, 6.45) is 9.21. The molecule has 1 saturated heterocycles. The van der Waals surface area contributed by atoms with Crippen molar-refractivity contribution >= 4 is 17.8 Å². The van der Waals surface area contributed by atoms with Crippen LogP contribution in [0, 0.1) is 0 Å². The minimum atomic E-state index is -1.15. The second-order valence-corrected chi connectivity index (χ2v) is 5.80. The van der Waals surface area contributed by atoms with Gasteiger partial charge in [0.25, 0.3) is 11.8 Å². The van der Waals surface area contributed by atoms with Crippen molar-refractivity contribution in [3.8, 4) is 0 Å². The molecule has 1 aliphatic rings. The molecule has 1 N–H and O–H groups in total. The number of rotatable bonds is 11. The highest BCUT2D eigenvalue weighted by Gasteiger charge is 2.40. The number of carbonyl (C=O) groups excluding carboxylic acids is 3. The maximum absolute atomic E-state index is 11.6. The van der Waals surface area contributed by atoms with Crippen molar-refractivity contribution in [3.05, 3.63) is 0 Å². The predicted molar refractivity (Wildman–Crippen MR) is 80.0 cm³/mol. The highest BCUT2D eigenvalue weighted by atomic mass is 16.6. The number of imide groups is 1. The first-order valence-electron chi connectivity index (χ1n) is 8.31. The van der Waals surface area contributed by atoms with Gasteiger partial charge in [0, 0.05) is 6.42 Å². The number of nitrogens with zero attached hydrogens (tertiary/aromatic N) is 1. The van der Waals surface area contributed by atoms with Crippen LogP contribution < -0.4 is 0 Å². The van der Waals surface area contributed by atoms with E-state index >= 15 is 0 Å². The van der Waals surface area contributed by atoms with Crippen LogP contribution in [0.25, 0.3) is 0 Å². The number of amides is 2. The Morgan fingerprint density at radius 3 is 2.14 bits per heavy atom. The summed E-state index contributed by atoms with van der Waals surface area (Å²) < 4.78 is 4.93. The van der Waals surface area contributed by atoms with Crippen LogP contribution in [0.4, 0.5) is 0 Å². The smallest absolute Gasteiger partial charge is 0.306 e. The lowest BCUT2D eigenvalue weighted by Gasteiger charge is -2.09. The predicted octanol–water partition coefficient (Wildman–Crippen LogP) is 2.97. The third kappa shape index (κ3) is 6.56. The van der Waals surface area contributed by atoms with Gasteiger partial charge in [-0.3, -0.25) is 19.6 Å². The van der Waals surface area contributed by atoms with Gasteiger partial charge in [0.05, 0.1) is 6.42 Å². The summed E-state index contributed by atoms with van der Waals surface area (Å²) >= 11 is 0. The first-order valence-corrected chi connectivity index (χ1v) is 8.31. The van der Waals surface area contributed by atoms with Gasteiger partial charge in [-0.2, -0.15) is 5.06 Å². The highest BCUT2D eigenvalue weighted by Crippen LogP contribution is 2.16. The molecule has 6 heteroatoms. The van der Waals surface area contributed by atoms with Crippen LogP contribution in [0.5, 0.6) is 0 Å².